The topological polar surface area (TPSA) is 69.7 Å². The molecule has 0 spiro atoms. The molecule has 2 aromatic carbocycles. The maximum Gasteiger partial charge on any atom is 0.256 e. The minimum absolute atomic E-state index is 0.0651. The fraction of sp³-hybridized carbons (Fsp3) is 0.250. The molecule has 3 rings (SSSR count). The molecule has 2 aromatic rings. The van der Waals surface area contributed by atoms with Crippen molar-refractivity contribution in [3.05, 3.63) is 59.2 Å². The Morgan fingerprint density at radius 2 is 1.73 bits per heavy atom. The standard InChI is InChI=1S/C20H21N3O3/c1-13-8-14(2)10-15(9-13)21-18(24)11-23-17-7-5-4-6-16(17)20(26)22(3)12-19(23)25/h4-10H,11-12H2,1-3H3,(H,21,24). The summed E-state index contributed by atoms with van der Waals surface area (Å²) in [6.07, 6.45) is 0. The van der Waals surface area contributed by atoms with Gasteiger partial charge in [-0.15, -0.1) is 0 Å². The van der Waals surface area contributed by atoms with Crippen molar-refractivity contribution in [2.45, 2.75) is 13.8 Å². The van der Waals surface area contributed by atoms with Gasteiger partial charge in [0.05, 0.1) is 11.3 Å². The predicted molar refractivity (Wildman–Crippen MR) is 100 cm³/mol. The number of hydrogen-bond acceptors (Lipinski definition) is 3. The Kier molecular flexibility index (Phi) is 4.75. The van der Waals surface area contributed by atoms with E-state index in [4.69, 9.17) is 0 Å². The molecule has 3 amide bonds. The van der Waals surface area contributed by atoms with E-state index >= 15 is 0 Å². The SMILES string of the molecule is Cc1cc(C)cc(NC(=O)CN2C(=O)CN(C)C(=O)c3ccccc32)c1. The van der Waals surface area contributed by atoms with E-state index in [-0.39, 0.29) is 30.8 Å². The lowest BCUT2D eigenvalue weighted by molar-refractivity contribution is -0.121. The third kappa shape index (κ3) is 3.59. The number of carbonyl (C=O) groups is 3. The average molecular weight is 351 g/mol. The fourth-order valence-electron chi connectivity index (χ4n) is 3.15. The molecule has 0 aliphatic carbocycles. The first-order valence-corrected chi connectivity index (χ1v) is 8.38. The van der Waals surface area contributed by atoms with Gasteiger partial charge in [-0.3, -0.25) is 14.4 Å². The highest BCUT2D eigenvalue weighted by molar-refractivity contribution is 6.12. The molecule has 6 heteroatoms. The summed E-state index contributed by atoms with van der Waals surface area (Å²) in [4.78, 5) is 40.3. The van der Waals surface area contributed by atoms with Crippen LogP contribution in [0.5, 0.6) is 0 Å². The van der Waals surface area contributed by atoms with Crippen LogP contribution in [0.2, 0.25) is 0 Å². The van der Waals surface area contributed by atoms with Crippen LogP contribution in [0.4, 0.5) is 11.4 Å². The number of rotatable bonds is 3. The van der Waals surface area contributed by atoms with Crippen molar-refractivity contribution >= 4 is 29.1 Å². The first-order valence-electron chi connectivity index (χ1n) is 8.38. The lowest BCUT2D eigenvalue weighted by Crippen LogP contribution is -2.41. The molecular formula is C20H21N3O3. The molecule has 0 saturated carbocycles. The summed E-state index contributed by atoms with van der Waals surface area (Å²) in [5, 5.41) is 2.83. The van der Waals surface area contributed by atoms with E-state index in [1.165, 1.54) is 9.80 Å². The molecule has 0 fully saturated rings. The zero-order chi connectivity index (χ0) is 18.8. The molecule has 0 unspecified atom stereocenters. The predicted octanol–water partition coefficient (Wildman–Crippen LogP) is 2.36. The van der Waals surface area contributed by atoms with E-state index in [1.807, 2.05) is 32.0 Å². The summed E-state index contributed by atoms with van der Waals surface area (Å²) < 4.78 is 0. The number of likely N-dealkylation sites (N-methyl/N-ethyl adjacent to an activating group) is 1. The second-order valence-electron chi connectivity index (χ2n) is 6.58. The highest BCUT2D eigenvalue weighted by Crippen LogP contribution is 2.25. The lowest BCUT2D eigenvalue weighted by atomic mass is 10.1. The molecular weight excluding hydrogens is 330 g/mol. The summed E-state index contributed by atoms with van der Waals surface area (Å²) in [5.41, 5.74) is 3.66. The van der Waals surface area contributed by atoms with Gasteiger partial charge < -0.3 is 15.1 Å². The van der Waals surface area contributed by atoms with Gasteiger partial charge in [0.15, 0.2) is 0 Å². The second-order valence-corrected chi connectivity index (χ2v) is 6.58. The van der Waals surface area contributed by atoms with Crippen LogP contribution in [0.15, 0.2) is 42.5 Å². The molecule has 0 atom stereocenters. The van der Waals surface area contributed by atoms with Gasteiger partial charge in [-0.05, 0) is 49.2 Å². The second kappa shape index (κ2) is 7.00. The van der Waals surface area contributed by atoms with Gasteiger partial charge in [0, 0.05) is 12.7 Å². The van der Waals surface area contributed by atoms with Gasteiger partial charge in [-0.25, -0.2) is 0 Å². The molecule has 1 aliphatic heterocycles. The molecule has 26 heavy (non-hydrogen) atoms. The highest BCUT2D eigenvalue weighted by atomic mass is 16.2. The minimum Gasteiger partial charge on any atom is -0.332 e. The highest BCUT2D eigenvalue weighted by Gasteiger charge is 2.30. The number of nitrogens with one attached hydrogen (secondary N) is 1. The Bertz CT molecular complexity index is 871. The minimum atomic E-state index is -0.310. The molecule has 0 saturated heterocycles. The van der Waals surface area contributed by atoms with Crippen LogP contribution < -0.4 is 10.2 Å². The maximum absolute atomic E-state index is 12.6. The first kappa shape index (κ1) is 17.7. The Balaban J connectivity index is 1.85. The van der Waals surface area contributed by atoms with Gasteiger partial charge in [0.25, 0.3) is 5.91 Å². The number of aryl methyl sites for hydroxylation is 2. The Hall–Kier alpha value is -3.15. The summed E-state index contributed by atoms with van der Waals surface area (Å²) >= 11 is 0. The number of anilines is 2. The molecule has 1 N–H and O–H groups in total. The quantitative estimate of drug-likeness (QED) is 0.923. The summed E-state index contributed by atoms with van der Waals surface area (Å²) in [7, 11) is 1.58. The zero-order valence-corrected chi connectivity index (χ0v) is 15.1. The van der Waals surface area contributed by atoms with Crippen LogP contribution in [0, 0.1) is 13.8 Å². The first-order chi connectivity index (χ1) is 12.3. The summed E-state index contributed by atoms with van der Waals surface area (Å²) in [6.45, 7) is 3.70. The number of benzene rings is 2. The number of amides is 3. The van der Waals surface area contributed by atoms with Crippen molar-refractivity contribution in [1.82, 2.24) is 4.90 Å². The zero-order valence-electron chi connectivity index (χ0n) is 15.1. The van der Waals surface area contributed by atoms with Crippen LogP contribution in [-0.4, -0.2) is 42.8 Å². The number of fused-ring (bicyclic) bond motifs is 1. The summed E-state index contributed by atoms with van der Waals surface area (Å²) in [5.74, 6) is -0.831. The van der Waals surface area contributed by atoms with Crippen molar-refractivity contribution in [2.75, 3.05) is 30.4 Å². The molecule has 6 nitrogen and oxygen atoms in total. The van der Waals surface area contributed by atoms with E-state index in [2.05, 4.69) is 5.32 Å². The van der Waals surface area contributed by atoms with E-state index in [0.29, 0.717) is 16.9 Å². The van der Waals surface area contributed by atoms with Gasteiger partial charge in [0.2, 0.25) is 11.8 Å². The molecule has 0 radical (unpaired) electrons. The van der Waals surface area contributed by atoms with Gasteiger partial charge in [-0.1, -0.05) is 18.2 Å². The Morgan fingerprint density at radius 3 is 2.42 bits per heavy atom. The van der Waals surface area contributed by atoms with Crippen molar-refractivity contribution in [3.8, 4) is 0 Å². The number of para-hydroxylation sites is 1. The monoisotopic (exact) mass is 351 g/mol. The number of carbonyl (C=O) groups excluding carboxylic acids is 3. The van der Waals surface area contributed by atoms with Crippen LogP contribution in [0.3, 0.4) is 0 Å². The molecule has 0 bridgehead atoms. The van der Waals surface area contributed by atoms with Crippen molar-refractivity contribution < 1.29 is 14.4 Å². The van der Waals surface area contributed by atoms with Crippen LogP contribution in [0.25, 0.3) is 0 Å². The van der Waals surface area contributed by atoms with E-state index < -0.39 is 0 Å². The number of nitrogens with zero attached hydrogens (tertiary/aromatic N) is 2. The molecule has 134 valence electrons. The Morgan fingerprint density at radius 1 is 1.08 bits per heavy atom. The fourth-order valence-corrected chi connectivity index (χ4v) is 3.15. The molecule has 1 heterocycles. The van der Waals surface area contributed by atoms with Gasteiger partial charge >= 0.3 is 0 Å². The van der Waals surface area contributed by atoms with Crippen LogP contribution >= 0.6 is 0 Å². The van der Waals surface area contributed by atoms with E-state index in [0.717, 1.165) is 11.1 Å². The largest absolute Gasteiger partial charge is 0.332 e. The van der Waals surface area contributed by atoms with Crippen LogP contribution in [0.1, 0.15) is 21.5 Å². The normalized spacial score (nSPS) is 14.1. The maximum atomic E-state index is 12.6. The molecule has 1 aliphatic rings. The number of hydrogen-bond donors (Lipinski definition) is 1. The Labute approximate surface area is 152 Å². The van der Waals surface area contributed by atoms with E-state index in [1.54, 1.807) is 31.3 Å². The van der Waals surface area contributed by atoms with Gasteiger partial charge in [0.1, 0.15) is 13.1 Å². The summed E-state index contributed by atoms with van der Waals surface area (Å²) in [6, 6.07) is 12.6. The lowest BCUT2D eigenvalue weighted by Gasteiger charge is -2.21. The third-order valence-corrected chi connectivity index (χ3v) is 4.25. The van der Waals surface area contributed by atoms with Crippen molar-refractivity contribution in [2.24, 2.45) is 0 Å². The van der Waals surface area contributed by atoms with Crippen LogP contribution in [-0.2, 0) is 9.59 Å². The van der Waals surface area contributed by atoms with Gasteiger partial charge in [-0.2, -0.15) is 0 Å². The van der Waals surface area contributed by atoms with Crippen molar-refractivity contribution in [3.63, 3.8) is 0 Å². The molecule has 0 aromatic heterocycles. The van der Waals surface area contributed by atoms with E-state index in [9.17, 15) is 14.4 Å². The van der Waals surface area contributed by atoms with Crippen molar-refractivity contribution in [1.29, 1.82) is 0 Å². The smallest absolute Gasteiger partial charge is 0.256 e. The average Bonchev–Trinajstić information content (AvgIpc) is 2.65. The third-order valence-electron chi connectivity index (χ3n) is 4.25.